The average molecular weight is 441 g/mol. The SMILES string of the molecule is COCc1cc2c(Nc3cc([C@H]4C[C@@H](C[C@H](OC(N)=O)C5CC5)CO4)[nH]n3)nccn2n1. The molecule has 32 heavy (non-hydrogen) atoms. The van der Waals surface area contributed by atoms with Gasteiger partial charge in [0.1, 0.15) is 11.6 Å². The number of H-pyrrole nitrogens is 1. The first kappa shape index (κ1) is 20.7. The number of fused-ring (bicyclic) bond motifs is 1. The van der Waals surface area contributed by atoms with E-state index in [4.69, 9.17) is 19.9 Å². The van der Waals surface area contributed by atoms with Crippen LogP contribution in [0.3, 0.4) is 0 Å². The molecule has 0 spiro atoms. The number of methoxy groups -OCH3 is 1. The number of hydrogen-bond donors (Lipinski definition) is 3. The summed E-state index contributed by atoms with van der Waals surface area (Å²) in [4.78, 5) is 15.6. The van der Waals surface area contributed by atoms with E-state index in [1.165, 1.54) is 0 Å². The van der Waals surface area contributed by atoms with Gasteiger partial charge in [0.15, 0.2) is 11.6 Å². The fourth-order valence-electron chi connectivity index (χ4n) is 4.33. The van der Waals surface area contributed by atoms with Crippen LogP contribution in [-0.2, 0) is 20.8 Å². The lowest BCUT2D eigenvalue weighted by Gasteiger charge is -2.18. The summed E-state index contributed by atoms with van der Waals surface area (Å²) in [5.74, 6) is 2.05. The Kier molecular flexibility index (Phi) is 5.66. The van der Waals surface area contributed by atoms with Crippen molar-refractivity contribution in [1.82, 2.24) is 24.8 Å². The average Bonchev–Trinajstić information content (AvgIpc) is 3.13. The second kappa shape index (κ2) is 8.75. The van der Waals surface area contributed by atoms with Crippen molar-refractivity contribution in [2.75, 3.05) is 19.0 Å². The molecule has 1 saturated carbocycles. The van der Waals surface area contributed by atoms with Crippen LogP contribution >= 0.6 is 0 Å². The summed E-state index contributed by atoms with van der Waals surface area (Å²) >= 11 is 0. The molecule has 11 nitrogen and oxygen atoms in total. The molecule has 2 aliphatic rings. The zero-order valence-electron chi connectivity index (χ0n) is 17.9. The minimum Gasteiger partial charge on any atom is -0.446 e. The van der Waals surface area contributed by atoms with E-state index >= 15 is 0 Å². The zero-order valence-corrected chi connectivity index (χ0v) is 17.9. The molecule has 0 aromatic carbocycles. The van der Waals surface area contributed by atoms with Crippen LogP contribution in [0.4, 0.5) is 16.4 Å². The molecule has 4 N–H and O–H groups in total. The van der Waals surface area contributed by atoms with Gasteiger partial charge in [0.2, 0.25) is 0 Å². The molecule has 11 heteroatoms. The number of amides is 1. The predicted molar refractivity (Wildman–Crippen MR) is 114 cm³/mol. The van der Waals surface area contributed by atoms with Crippen LogP contribution < -0.4 is 11.1 Å². The van der Waals surface area contributed by atoms with E-state index in [9.17, 15) is 4.79 Å². The summed E-state index contributed by atoms with van der Waals surface area (Å²) < 4.78 is 18.3. The third kappa shape index (κ3) is 4.53. The van der Waals surface area contributed by atoms with Gasteiger partial charge in [-0.15, -0.1) is 0 Å². The summed E-state index contributed by atoms with van der Waals surface area (Å²) in [7, 11) is 1.64. The molecule has 1 saturated heterocycles. The number of nitrogens with two attached hydrogens (primary N) is 1. The number of carbonyl (C=O) groups excluding carboxylic acids is 1. The molecule has 4 heterocycles. The lowest BCUT2D eigenvalue weighted by atomic mass is 9.95. The van der Waals surface area contributed by atoms with Crippen molar-refractivity contribution >= 4 is 23.2 Å². The van der Waals surface area contributed by atoms with Gasteiger partial charge in [-0.25, -0.2) is 14.3 Å². The number of primary amides is 1. The monoisotopic (exact) mass is 441 g/mol. The Hall–Kier alpha value is -3.18. The van der Waals surface area contributed by atoms with Crippen molar-refractivity contribution < 1.29 is 19.0 Å². The van der Waals surface area contributed by atoms with E-state index in [0.717, 1.165) is 42.6 Å². The first-order chi connectivity index (χ1) is 15.6. The second-order valence-corrected chi connectivity index (χ2v) is 8.48. The largest absolute Gasteiger partial charge is 0.446 e. The number of hydrogen-bond acceptors (Lipinski definition) is 8. The molecule has 0 bridgehead atoms. The maximum absolute atomic E-state index is 11.2. The molecule has 5 rings (SSSR count). The normalized spacial score (nSPS) is 21.7. The summed E-state index contributed by atoms with van der Waals surface area (Å²) in [6.07, 6.45) is 6.39. The van der Waals surface area contributed by atoms with Crippen LogP contribution in [0, 0.1) is 11.8 Å². The molecular weight excluding hydrogens is 414 g/mol. The van der Waals surface area contributed by atoms with E-state index in [-0.39, 0.29) is 12.2 Å². The molecule has 1 aliphatic heterocycles. The number of aromatic nitrogens is 5. The minimum absolute atomic E-state index is 0.0801. The van der Waals surface area contributed by atoms with Crippen LogP contribution in [0.5, 0.6) is 0 Å². The second-order valence-electron chi connectivity index (χ2n) is 8.48. The zero-order chi connectivity index (χ0) is 22.1. The maximum atomic E-state index is 11.2. The number of rotatable bonds is 9. The first-order valence-corrected chi connectivity index (χ1v) is 10.8. The highest BCUT2D eigenvalue weighted by Gasteiger charge is 2.38. The fraction of sp³-hybridized carbons (Fsp3) is 0.524. The molecule has 3 aromatic heterocycles. The van der Waals surface area contributed by atoms with Gasteiger partial charge in [-0.1, -0.05) is 0 Å². The molecule has 3 aromatic rings. The fourth-order valence-corrected chi connectivity index (χ4v) is 4.33. The lowest BCUT2D eigenvalue weighted by molar-refractivity contribution is 0.0696. The lowest BCUT2D eigenvalue weighted by Crippen LogP contribution is -2.26. The van der Waals surface area contributed by atoms with Crippen molar-refractivity contribution in [3.05, 3.63) is 35.9 Å². The number of ether oxygens (including phenoxy) is 3. The standard InChI is InChI=1S/C21H27N7O4/c1-30-11-14-8-16-20(23-4-5-28(16)27-14)24-19-9-15(25-26-19)18-7-12(10-31-18)6-17(13-2-3-13)32-21(22)29/h4-5,8-9,12-13,17-18H,2-3,6-7,10-11H2,1H3,(H2,22,29)(H2,23,24,25,26)/t12-,17+,18-/m1/s1. The van der Waals surface area contributed by atoms with E-state index in [1.54, 1.807) is 24.0 Å². The molecule has 0 radical (unpaired) electrons. The van der Waals surface area contributed by atoms with E-state index < -0.39 is 6.09 Å². The number of aromatic amines is 1. The Morgan fingerprint density at radius 2 is 2.31 bits per heavy atom. The maximum Gasteiger partial charge on any atom is 0.404 e. The topological polar surface area (TPSA) is 142 Å². The summed E-state index contributed by atoms with van der Waals surface area (Å²) in [5.41, 5.74) is 7.79. The summed E-state index contributed by atoms with van der Waals surface area (Å²) in [6, 6.07) is 3.87. The van der Waals surface area contributed by atoms with Crippen molar-refractivity contribution in [3.8, 4) is 0 Å². The molecule has 1 aliphatic carbocycles. The third-order valence-electron chi connectivity index (χ3n) is 5.99. The Bertz CT molecular complexity index is 1090. The summed E-state index contributed by atoms with van der Waals surface area (Å²) in [5, 5.41) is 15.2. The smallest absolute Gasteiger partial charge is 0.404 e. The number of nitrogens with zero attached hydrogens (tertiary/aromatic N) is 4. The molecule has 170 valence electrons. The van der Waals surface area contributed by atoms with Crippen LogP contribution in [0.2, 0.25) is 0 Å². The van der Waals surface area contributed by atoms with Crippen molar-refractivity contribution in [3.63, 3.8) is 0 Å². The van der Waals surface area contributed by atoms with Crippen LogP contribution in [0.15, 0.2) is 24.5 Å². The van der Waals surface area contributed by atoms with Gasteiger partial charge in [0.05, 0.1) is 30.7 Å². The Morgan fingerprint density at radius 3 is 3.09 bits per heavy atom. The van der Waals surface area contributed by atoms with Gasteiger partial charge in [-0.05, 0) is 43.6 Å². The number of nitrogens with one attached hydrogen (secondary N) is 2. The molecule has 1 amide bonds. The van der Waals surface area contributed by atoms with Crippen LogP contribution in [0.1, 0.15) is 43.2 Å². The van der Waals surface area contributed by atoms with Crippen molar-refractivity contribution in [2.24, 2.45) is 17.6 Å². The van der Waals surface area contributed by atoms with Gasteiger partial charge in [0.25, 0.3) is 0 Å². The van der Waals surface area contributed by atoms with Crippen molar-refractivity contribution in [1.29, 1.82) is 0 Å². The number of carbonyl (C=O) groups is 1. The van der Waals surface area contributed by atoms with Crippen LogP contribution in [-0.4, -0.2) is 50.7 Å². The molecule has 2 fully saturated rings. The van der Waals surface area contributed by atoms with E-state index in [0.29, 0.717) is 36.7 Å². The molecular formula is C21H27N7O4. The Balaban J connectivity index is 1.23. The molecule has 3 atom stereocenters. The third-order valence-corrected chi connectivity index (χ3v) is 5.99. The highest BCUT2D eigenvalue weighted by molar-refractivity contribution is 5.72. The van der Waals surface area contributed by atoms with Gasteiger partial charge in [-0.3, -0.25) is 5.10 Å². The van der Waals surface area contributed by atoms with Crippen molar-refractivity contribution in [2.45, 2.75) is 44.5 Å². The van der Waals surface area contributed by atoms with Crippen LogP contribution in [0.25, 0.3) is 5.52 Å². The molecule has 0 unspecified atom stereocenters. The summed E-state index contributed by atoms with van der Waals surface area (Å²) in [6.45, 7) is 1.05. The van der Waals surface area contributed by atoms with E-state index in [2.05, 4.69) is 25.6 Å². The first-order valence-electron chi connectivity index (χ1n) is 10.8. The Morgan fingerprint density at radius 1 is 1.44 bits per heavy atom. The van der Waals surface area contributed by atoms with Gasteiger partial charge < -0.3 is 25.3 Å². The Labute approximate surface area is 184 Å². The van der Waals surface area contributed by atoms with E-state index in [1.807, 2.05) is 12.1 Å². The minimum atomic E-state index is -0.696. The quantitative estimate of drug-likeness (QED) is 0.460. The van der Waals surface area contributed by atoms with Gasteiger partial charge in [-0.2, -0.15) is 10.2 Å². The highest BCUT2D eigenvalue weighted by atomic mass is 16.6. The van der Waals surface area contributed by atoms with Gasteiger partial charge in [0, 0.05) is 25.6 Å². The predicted octanol–water partition coefficient (Wildman–Crippen LogP) is 2.68. The highest BCUT2D eigenvalue weighted by Crippen LogP contribution is 2.41. The van der Waals surface area contributed by atoms with Gasteiger partial charge >= 0.3 is 6.09 Å². The number of anilines is 2.